The third-order valence-corrected chi connectivity index (χ3v) is 4.72. The molecule has 0 unspecified atom stereocenters. The van der Waals surface area contributed by atoms with Crippen LogP contribution in [0.25, 0.3) is 0 Å². The molecule has 0 aromatic heterocycles. The fraction of sp³-hybridized carbons (Fsp3) is 0.750. The van der Waals surface area contributed by atoms with Crippen LogP contribution in [0.5, 0.6) is 0 Å². The second-order valence-electron chi connectivity index (χ2n) is 7.52. The summed E-state index contributed by atoms with van der Waals surface area (Å²) in [6, 6.07) is 0. The molecule has 0 bridgehead atoms. The highest BCUT2D eigenvalue weighted by atomic mass is 16.3. The predicted molar refractivity (Wildman–Crippen MR) is 125 cm³/mol. The molecule has 0 saturated heterocycles. The van der Waals surface area contributed by atoms with Gasteiger partial charge in [0.15, 0.2) is 0 Å². The van der Waals surface area contributed by atoms with Gasteiger partial charge in [-0.05, 0) is 64.5 Å². The molecule has 6 nitrogen and oxygen atoms in total. The summed E-state index contributed by atoms with van der Waals surface area (Å²) in [5, 5.41) is 15.2. The SMILES string of the molecule is CC/C=C/CCCC(=O)NCCCN(CCO)CCCNC(=O)CCC/C=C/CC. The van der Waals surface area contributed by atoms with Gasteiger partial charge in [-0.3, -0.25) is 9.59 Å². The Morgan fingerprint density at radius 2 is 1.20 bits per heavy atom. The second kappa shape index (κ2) is 22.0. The number of carbonyl (C=O) groups is 2. The highest BCUT2D eigenvalue weighted by Gasteiger charge is 2.06. The van der Waals surface area contributed by atoms with E-state index in [0.29, 0.717) is 32.5 Å². The van der Waals surface area contributed by atoms with Gasteiger partial charge in [0.05, 0.1) is 6.61 Å². The molecule has 174 valence electrons. The van der Waals surface area contributed by atoms with Crippen LogP contribution in [0.3, 0.4) is 0 Å². The number of allylic oxidation sites excluding steroid dienone is 4. The second-order valence-corrected chi connectivity index (χ2v) is 7.52. The van der Waals surface area contributed by atoms with Gasteiger partial charge in [0, 0.05) is 32.5 Å². The van der Waals surface area contributed by atoms with E-state index in [9.17, 15) is 14.7 Å². The number of hydrogen-bond donors (Lipinski definition) is 3. The third-order valence-electron chi connectivity index (χ3n) is 4.72. The fourth-order valence-electron chi connectivity index (χ4n) is 3.04. The average Bonchev–Trinajstić information content (AvgIpc) is 2.73. The minimum Gasteiger partial charge on any atom is -0.395 e. The summed E-state index contributed by atoms with van der Waals surface area (Å²) in [6.45, 7) is 7.94. The lowest BCUT2D eigenvalue weighted by atomic mass is 10.2. The lowest BCUT2D eigenvalue weighted by Gasteiger charge is -2.21. The zero-order valence-corrected chi connectivity index (χ0v) is 19.3. The van der Waals surface area contributed by atoms with Crippen molar-refractivity contribution in [3.05, 3.63) is 24.3 Å². The van der Waals surface area contributed by atoms with Gasteiger partial charge >= 0.3 is 0 Å². The molecule has 0 fully saturated rings. The fourth-order valence-corrected chi connectivity index (χ4v) is 3.04. The molecule has 0 aromatic carbocycles. The molecule has 30 heavy (non-hydrogen) atoms. The first-order valence-corrected chi connectivity index (χ1v) is 11.8. The summed E-state index contributed by atoms with van der Waals surface area (Å²) in [4.78, 5) is 25.8. The molecule has 0 aliphatic carbocycles. The Bertz CT molecular complexity index is 438. The van der Waals surface area contributed by atoms with Crippen LogP contribution in [0.1, 0.15) is 78.1 Å². The molecule has 0 aliphatic rings. The maximum atomic E-state index is 11.8. The summed E-state index contributed by atoms with van der Waals surface area (Å²) in [5.41, 5.74) is 0. The molecule has 2 amide bonds. The van der Waals surface area contributed by atoms with Crippen molar-refractivity contribution in [2.75, 3.05) is 39.3 Å². The molecule has 0 rings (SSSR count). The van der Waals surface area contributed by atoms with Gasteiger partial charge in [0.25, 0.3) is 0 Å². The van der Waals surface area contributed by atoms with E-state index < -0.39 is 0 Å². The van der Waals surface area contributed by atoms with Gasteiger partial charge in [-0.25, -0.2) is 0 Å². The maximum absolute atomic E-state index is 11.8. The Labute approximate surface area is 184 Å². The molecule has 0 saturated carbocycles. The van der Waals surface area contributed by atoms with E-state index in [1.165, 1.54) is 0 Å². The van der Waals surface area contributed by atoms with Crippen LogP contribution in [0.15, 0.2) is 24.3 Å². The average molecular weight is 424 g/mol. The molecule has 0 spiro atoms. The minimum absolute atomic E-state index is 0.113. The van der Waals surface area contributed by atoms with Crippen molar-refractivity contribution in [2.24, 2.45) is 0 Å². The normalized spacial score (nSPS) is 11.6. The van der Waals surface area contributed by atoms with Crippen LogP contribution in [-0.4, -0.2) is 61.2 Å². The number of aliphatic hydroxyl groups excluding tert-OH is 1. The Balaban J connectivity index is 3.77. The van der Waals surface area contributed by atoms with Crippen LogP contribution in [0.4, 0.5) is 0 Å². The van der Waals surface area contributed by atoms with Gasteiger partial charge < -0.3 is 20.6 Å². The highest BCUT2D eigenvalue weighted by Crippen LogP contribution is 1.99. The molecule has 0 aromatic rings. The van der Waals surface area contributed by atoms with Gasteiger partial charge in [-0.1, -0.05) is 38.2 Å². The Kier molecular flexibility index (Phi) is 20.8. The molecule has 0 atom stereocenters. The van der Waals surface area contributed by atoms with Crippen molar-refractivity contribution in [3.8, 4) is 0 Å². The van der Waals surface area contributed by atoms with E-state index in [-0.39, 0.29) is 18.4 Å². The smallest absolute Gasteiger partial charge is 0.220 e. The van der Waals surface area contributed by atoms with Gasteiger partial charge in [-0.15, -0.1) is 0 Å². The molecule has 0 heterocycles. The monoisotopic (exact) mass is 423 g/mol. The number of rotatable bonds is 20. The molecular weight excluding hydrogens is 378 g/mol. The van der Waals surface area contributed by atoms with E-state index in [2.05, 4.69) is 53.7 Å². The van der Waals surface area contributed by atoms with Gasteiger partial charge in [0.1, 0.15) is 0 Å². The van der Waals surface area contributed by atoms with Crippen molar-refractivity contribution < 1.29 is 14.7 Å². The van der Waals surface area contributed by atoms with Crippen molar-refractivity contribution >= 4 is 11.8 Å². The summed E-state index contributed by atoms with van der Waals surface area (Å²) in [6.07, 6.45) is 17.2. The van der Waals surface area contributed by atoms with E-state index in [1.54, 1.807) is 0 Å². The van der Waals surface area contributed by atoms with Crippen LogP contribution in [0, 0.1) is 0 Å². The number of amides is 2. The summed E-state index contributed by atoms with van der Waals surface area (Å²) >= 11 is 0. The zero-order valence-electron chi connectivity index (χ0n) is 19.3. The third kappa shape index (κ3) is 19.6. The number of nitrogens with zero attached hydrogens (tertiary/aromatic N) is 1. The Morgan fingerprint density at radius 3 is 1.60 bits per heavy atom. The summed E-state index contributed by atoms with van der Waals surface area (Å²) < 4.78 is 0. The summed E-state index contributed by atoms with van der Waals surface area (Å²) in [7, 11) is 0. The van der Waals surface area contributed by atoms with E-state index >= 15 is 0 Å². The first kappa shape index (κ1) is 28.3. The Morgan fingerprint density at radius 1 is 0.733 bits per heavy atom. The largest absolute Gasteiger partial charge is 0.395 e. The Hall–Kier alpha value is -1.66. The van der Waals surface area contributed by atoms with Gasteiger partial charge in [-0.2, -0.15) is 0 Å². The predicted octanol–water partition coefficient (Wildman–Crippen LogP) is 3.57. The number of hydrogen-bond acceptors (Lipinski definition) is 4. The molecule has 3 N–H and O–H groups in total. The van der Waals surface area contributed by atoms with Crippen LogP contribution < -0.4 is 10.6 Å². The van der Waals surface area contributed by atoms with Gasteiger partial charge in [0.2, 0.25) is 11.8 Å². The zero-order chi connectivity index (χ0) is 22.3. The lowest BCUT2D eigenvalue weighted by Crippen LogP contribution is -2.34. The van der Waals surface area contributed by atoms with Crippen LogP contribution in [-0.2, 0) is 9.59 Å². The van der Waals surface area contributed by atoms with Crippen molar-refractivity contribution in [3.63, 3.8) is 0 Å². The van der Waals surface area contributed by atoms with E-state index in [1.807, 2.05) is 0 Å². The number of aliphatic hydroxyl groups is 1. The number of carbonyl (C=O) groups excluding carboxylic acids is 2. The van der Waals surface area contributed by atoms with E-state index in [0.717, 1.165) is 64.5 Å². The summed E-state index contributed by atoms with van der Waals surface area (Å²) in [5.74, 6) is 0.225. The van der Waals surface area contributed by atoms with E-state index in [4.69, 9.17) is 0 Å². The molecule has 6 heteroatoms. The van der Waals surface area contributed by atoms with Crippen molar-refractivity contribution in [1.82, 2.24) is 15.5 Å². The number of unbranched alkanes of at least 4 members (excludes halogenated alkanes) is 2. The minimum atomic E-state index is 0.113. The first-order chi connectivity index (χ1) is 14.6. The standard InChI is InChI=1S/C24H45N3O3/c1-3-5-7-9-11-15-23(29)25-17-13-19-27(21-22-28)20-14-18-26-24(30)16-12-10-8-6-4-2/h5-8,28H,3-4,9-22H2,1-2H3,(H,25,29)(H,26,30)/b7-5+,8-6+. The maximum Gasteiger partial charge on any atom is 0.220 e. The topological polar surface area (TPSA) is 81.7 Å². The molecule has 0 radical (unpaired) electrons. The highest BCUT2D eigenvalue weighted by molar-refractivity contribution is 5.76. The first-order valence-electron chi connectivity index (χ1n) is 11.8. The van der Waals surface area contributed by atoms with Crippen molar-refractivity contribution in [2.45, 2.75) is 78.1 Å². The van der Waals surface area contributed by atoms with Crippen LogP contribution >= 0.6 is 0 Å². The van der Waals surface area contributed by atoms with Crippen molar-refractivity contribution in [1.29, 1.82) is 0 Å². The number of nitrogens with one attached hydrogen (secondary N) is 2. The van der Waals surface area contributed by atoms with Crippen LogP contribution in [0.2, 0.25) is 0 Å². The lowest BCUT2D eigenvalue weighted by molar-refractivity contribution is -0.122. The molecule has 0 aliphatic heterocycles. The quantitative estimate of drug-likeness (QED) is 0.207. The molecular formula is C24H45N3O3.